The molecule has 0 bridgehead atoms. The first kappa shape index (κ1) is 13.9. The Hall–Kier alpha value is -2.07. The van der Waals surface area contributed by atoms with Crippen LogP contribution in [0.3, 0.4) is 0 Å². The molecule has 21 heavy (non-hydrogen) atoms. The zero-order chi connectivity index (χ0) is 14.7. The van der Waals surface area contributed by atoms with Crippen molar-refractivity contribution >= 4 is 5.69 Å². The Balaban J connectivity index is 1.80. The molecule has 1 N–H and O–H groups in total. The summed E-state index contributed by atoms with van der Waals surface area (Å²) in [6.07, 6.45) is 0. The molecule has 1 atom stereocenters. The van der Waals surface area contributed by atoms with Gasteiger partial charge in [-0.25, -0.2) is 4.39 Å². The number of benzene rings is 2. The summed E-state index contributed by atoms with van der Waals surface area (Å²) in [6, 6.07) is 15.7. The Morgan fingerprint density at radius 1 is 1.19 bits per heavy atom. The molecule has 3 nitrogen and oxygen atoms in total. The van der Waals surface area contributed by atoms with E-state index in [-0.39, 0.29) is 11.9 Å². The molecule has 110 valence electrons. The van der Waals surface area contributed by atoms with Crippen LogP contribution in [0.5, 0.6) is 5.75 Å². The molecule has 4 heteroatoms. The summed E-state index contributed by atoms with van der Waals surface area (Å²) in [4.78, 5) is 2.26. The first-order valence-electron chi connectivity index (χ1n) is 7.15. The van der Waals surface area contributed by atoms with E-state index in [4.69, 9.17) is 4.74 Å². The van der Waals surface area contributed by atoms with Crippen molar-refractivity contribution in [1.29, 1.82) is 0 Å². The van der Waals surface area contributed by atoms with Gasteiger partial charge in [0.05, 0.1) is 7.11 Å². The van der Waals surface area contributed by atoms with Crippen molar-refractivity contribution < 1.29 is 9.13 Å². The molecular weight excluding hydrogens is 267 g/mol. The fourth-order valence-electron chi connectivity index (χ4n) is 2.74. The Bertz CT molecular complexity index is 603. The molecule has 1 aliphatic rings. The van der Waals surface area contributed by atoms with Gasteiger partial charge in [-0.1, -0.05) is 30.3 Å². The van der Waals surface area contributed by atoms with Crippen LogP contribution in [0.15, 0.2) is 48.5 Å². The van der Waals surface area contributed by atoms with E-state index in [0.717, 1.165) is 25.3 Å². The number of methoxy groups -OCH3 is 1. The Kier molecular flexibility index (Phi) is 4.06. The number of halogens is 1. The number of nitrogens with zero attached hydrogens (tertiary/aromatic N) is 1. The van der Waals surface area contributed by atoms with E-state index in [1.54, 1.807) is 6.07 Å². The molecule has 1 heterocycles. The maximum absolute atomic E-state index is 13.5. The van der Waals surface area contributed by atoms with Crippen LogP contribution in [0.25, 0.3) is 0 Å². The van der Waals surface area contributed by atoms with E-state index in [0.29, 0.717) is 5.75 Å². The molecule has 3 rings (SSSR count). The lowest BCUT2D eigenvalue weighted by Gasteiger charge is -2.35. The van der Waals surface area contributed by atoms with Gasteiger partial charge in [0.25, 0.3) is 0 Å². The summed E-state index contributed by atoms with van der Waals surface area (Å²) < 4.78 is 18.6. The van der Waals surface area contributed by atoms with Crippen molar-refractivity contribution in [2.45, 2.75) is 6.04 Å². The lowest BCUT2D eigenvalue weighted by atomic mass is 10.0. The molecule has 1 saturated heterocycles. The fraction of sp³-hybridized carbons (Fsp3) is 0.294. The maximum atomic E-state index is 13.5. The van der Waals surface area contributed by atoms with Crippen LogP contribution < -0.4 is 15.0 Å². The third kappa shape index (κ3) is 3.00. The van der Waals surface area contributed by atoms with E-state index >= 15 is 0 Å². The summed E-state index contributed by atoms with van der Waals surface area (Å²) in [5, 5.41) is 3.53. The molecule has 2 aromatic rings. The van der Waals surface area contributed by atoms with Gasteiger partial charge in [0.1, 0.15) is 0 Å². The van der Waals surface area contributed by atoms with E-state index in [9.17, 15) is 4.39 Å². The van der Waals surface area contributed by atoms with Crippen LogP contribution in [0.4, 0.5) is 10.1 Å². The molecule has 0 aromatic heterocycles. The zero-order valence-electron chi connectivity index (χ0n) is 12.1. The largest absolute Gasteiger partial charge is 0.494 e. The molecule has 0 saturated carbocycles. The van der Waals surface area contributed by atoms with Crippen LogP contribution >= 0.6 is 0 Å². The van der Waals surface area contributed by atoms with Crippen molar-refractivity contribution in [1.82, 2.24) is 5.32 Å². The topological polar surface area (TPSA) is 24.5 Å². The third-order valence-electron chi connectivity index (χ3n) is 3.88. The highest BCUT2D eigenvalue weighted by Crippen LogP contribution is 2.27. The van der Waals surface area contributed by atoms with Gasteiger partial charge < -0.3 is 15.0 Å². The first-order chi connectivity index (χ1) is 10.3. The minimum Gasteiger partial charge on any atom is -0.494 e. The van der Waals surface area contributed by atoms with Gasteiger partial charge in [-0.2, -0.15) is 0 Å². The van der Waals surface area contributed by atoms with Crippen LogP contribution in [0.2, 0.25) is 0 Å². The summed E-state index contributed by atoms with van der Waals surface area (Å²) in [6.45, 7) is 2.66. The predicted octanol–water partition coefficient (Wildman–Crippen LogP) is 2.99. The molecular formula is C17H19FN2O. The second-order valence-electron chi connectivity index (χ2n) is 5.18. The number of hydrogen-bond acceptors (Lipinski definition) is 3. The lowest BCUT2D eigenvalue weighted by Crippen LogP contribution is -2.45. The van der Waals surface area contributed by atoms with Gasteiger partial charge in [-0.05, 0) is 17.7 Å². The second-order valence-corrected chi connectivity index (χ2v) is 5.18. The lowest BCUT2D eigenvalue weighted by molar-refractivity contribution is 0.386. The van der Waals surface area contributed by atoms with Crippen LogP contribution in [0.1, 0.15) is 11.6 Å². The average molecular weight is 286 g/mol. The van der Waals surface area contributed by atoms with Crippen LogP contribution in [-0.2, 0) is 0 Å². The highest BCUT2D eigenvalue weighted by atomic mass is 19.1. The minimum absolute atomic E-state index is 0.288. The predicted molar refractivity (Wildman–Crippen MR) is 82.4 cm³/mol. The van der Waals surface area contributed by atoms with Gasteiger partial charge in [0.15, 0.2) is 11.6 Å². The van der Waals surface area contributed by atoms with Gasteiger partial charge in [0, 0.05) is 37.4 Å². The smallest absolute Gasteiger partial charge is 0.165 e. The van der Waals surface area contributed by atoms with Gasteiger partial charge in [0.2, 0.25) is 0 Å². The fourth-order valence-corrected chi connectivity index (χ4v) is 2.74. The summed E-state index contributed by atoms with van der Waals surface area (Å²) >= 11 is 0. The standard InChI is InChI=1S/C17H19FN2O/c1-21-17-11-14(7-8-15(17)18)20-10-9-19-16(12-20)13-5-3-2-4-6-13/h2-8,11,16,19H,9-10,12H2,1H3. The second kappa shape index (κ2) is 6.14. The van der Waals surface area contributed by atoms with Crippen molar-refractivity contribution in [2.75, 3.05) is 31.6 Å². The molecule has 0 radical (unpaired) electrons. The number of rotatable bonds is 3. The van der Waals surface area contributed by atoms with Crippen molar-refractivity contribution in [3.8, 4) is 5.75 Å². The quantitative estimate of drug-likeness (QED) is 0.939. The highest BCUT2D eigenvalue weighted by Gasteiger charge is 2.21. The van der Waals surface area contributed by atoms with Crippen molar-refractivity contribution in [3.05, 3.63) is 59.9 Å². The summed E-state index contributed by atoms with van der Waals surface area (Å²) in [5.74, 6) is -0.0294. The van der Waals surface area contributed by atoms with Crippen molar-refractivity contribution in [2.24, 2.45) is 0 Å². The number of nitrogens with one attached hydrogen (secondary N) is 1. The molecule has 1 unspecified atom stereocenters. The normalized spacial score (nSPS) is 18.6. The first-order valence-corrected chi connectivity index (χ1v) is 7.15. The Morgan fingerprint density at radius 3 is 2.76 bits per heavy atom. The van der Waals surface area contributed by atoms with Crippen molar-refractivity contribution in [3.63, 3.8) is 0 Å². The number of piperazine rings is 1. The van der Waals surface area contributed by atoms with E-state index in [1.807, 2.05) is 12.1 Å². The van der Waals surface area contributed by atoms with Gasteiger partial charge in [-0.15, -0.1) is 0 Å². The van der Waals surface area contributed by atoms with Gasteiger partial charge >= 0.3 is 0 Å². The summed E-state index contributed by atoms with van der Waals surface area (Å²) in [5.41, 5.74) is 2.27. The molecule has 1 aliphatic heterocycles. The molecule has 0 aliphatic carbocycles. The summed E-state index contributed by atoms with van der Waals surface area (Å²) in [7, 11) is 1.49. The number of anilines is 1. The maximum Gasteiger partial charge on any atom is 0.165 e. The zero-order valence-corrected chi connectivity index (χ0v) is 12.1. The molecule has 0 amide bonds. The van der Waals surface area contributed by atoms with E-state index < -0.39 is 0 Å². The average Bonchev–Trinajstić information content (AvgIpc) is 2.56. The van der Waals surface area contributed by atoms with E-state index in [1.165, 1.54) is 18.7 Å². The van der Waals surface area contributed by atoms with Gasteiger partial charge in [-0.3, -0.25) is 0 Å². The Labute approximate surface area is 124 Å². The number of hydrogen-bond donors (Lipinski definition) is 1. The van der Waals surface area contributed by atoms with E-state index in [2.05, 4.69) is 34.5 Å². The third-order valence-corrected chi connectivity index (χ3v) is 3.88. The van der Waals surface area contributed by atoms with Crippen LogP contribution in [0, 0.1) is 5.82 Å². The SMILES string of the molecule is COc1cc(N2CCNC(c3ccccc3)C2)ccc1F. The monoisotopic (exact) mass is 286 g/mol. The molecule has 1 fully saturated rings. The highest BCUT2D eigenvalue weighted by molar-refractivity contribution is 5.52. The number of ether oxygens (including phenoxy) is 1. The molecule has 0 spiro atoms. The van der Waals surface area contributed by atoms with Crippen LogP contribution in [-0.4, -0.2) is 26.7 Å². The minimum atomic E-state index is -0.323. The molecule has 2 aromatic carbocycles. The Morgan fingerprint density at radius 2 is 2.00 bits per heavy atom.